The molecule has 0 heterocycles. The molecule has 0 amide bonds. The Kier molecular flexibility index (Phi) is 3.82. The largest absolute Gasteiger partial charge is 0.480 e. The number of carboxylic acid groups (broad SMARTS) is 1. The number of halogens is 2. The molecule has 0 aliphatic heterocycles. The summed E-state index contributed by atoms with van der Waals surface area (Å²) in [4.78, 5) is 10.6. The molecule has 15 heavy (non-hydrogen) atoms. The van der Waals surface area contributed by atoms with Crippen molar-refractivity contribution >= 4 is 21.9 Å². The summed E-state index contributed by atoms with van der Waals surface area (Å²) in [5, 5.41) is 8.65. The number of hydrogen-bond donors (Lipinski definition) is 2. The molecule has 0 aliphatic rings. The molecule has 1 aromatic rings. The van der Waals surface area contributed by atoms with Crippen molar-refractivity contribution < 1.29 is 14.3 Å². The highest BCUT2D eigenvalue weighted by Crippen LogP contribution is 2.21. The summed E-state index contributed by atoms with van der Waals surface area (Å²) in [7, 11) is 0. The lowest BCUT2D eigenvalue weighted by Crippen LogP contribution is -2.32. The van der Waals surface area contributed by atoms with Crippen LogP contribution in [0.1, 0.15) is 11.1 Å². The lowest BCUT2D eigenvalue weighted by atomic mass is 10.0. The summed E-state index contributed by atoms with van der Waals surface area (Å²) in [6.45, 7) is 1.72. The quantitative estimate of drug-likeness (QED) is 0.885. The Bertz CT molecular complexity index is 395. The second-order valence-corrected chi connectivity index (χ2v) is 4.20. The number of rotatable bonds is 3. The summed E-state index contributed by atoms with van der Waals surface area (Å²) < 4.78 is 13.4. The van der Waals surface area contributed by atoms with Crippen LogP contribution < -0.4 is 5.73 Å². The highest BCUT2D eigenvalue weighted by atomic mass is 79.9. The first-order valence-electron chi connectivity index (χ1n) is 4.34. The second-order valence-electron chi connectivity index (χ2n) is 3.34. The molecule has 3 N–H and O–H groups in total. The predicted octanol–water partition coefficient (Wildman–Crippen LogP) is 1.85. The van der Waals surface area contributed by atoms with Crippen LogP contribution in [0.5, 0.6) is 0 Å². The molecule has 0 aliphatic carbocycles. The van der Waals surface area contributed by atoms with Crippen molar-refractivity contribution in [2.24, 2.45) is 5.73 Å². The van der Waals surface area contributed by atoms with Gasteiger partial charge in [-0.05, 0) is 52.5 Å². The van der Waals surface area contributed by atoms with E-state index in [-0.39, 0.29) is 12.2 Å². The fraction of sp³-hybridized carbons (Fsp3) is 0.300. The van der Waals surface area contributed by atoms with Crippen LogP contribution in [0.2, 0.25) is 0 Å². The zero-order valence-electron chi connectivity index (χ0n) is 8.13. The zero-order valence-corrected chi connectivity index (χ0v) is 9.71. The maximum Gasteiger partial charge on any atom is 0.320 e. The smallest absolute Gasteiger partial charge is 0.320 e. The molecule has 5 heteroatoms. The van der Waals surface area contributed by atoms with Gasteiger partial charge in [0.2, 0.25) is 0 Å². The summed E-state index contributed by atoms with van der Waals surface area (Å²) in [6.07, 6.45) is 0.194. The first-order valence-corrected chi connectivity index (χ1v) is 5.14. The minimum absolute atomic E-state index is 0.194. The molecular weight excluding hydrogens is 265 g/mol. The Morgan fingerprint density at radius 1 is 1.67 bits per heavy atom. The Labute approximate surface area is 95.2 Å². The maximum atomic E-state index is 13.1. The molecule has 0 aromatic heterocycles. The average molecular weight is 276 g/mol. The van der Waals surface area contributed by atoms with E-state index < -0.39 is 12.0 Å². The van der Waals surface area contributed by atoms with Crippen LogP contribution in [0.15, 0.2) is 16.6 Å². The van der Waals surface area contributed by atoms with E-state index in [0.29, 0.717) is 10.0 Å². The van der Waals surface area contributed by atoms with Crippen molar-refractivity contribution in [3.8, 4) is 0 Å². The van der Waals surface area contributed by atoms with E-state index in [1.165, 1.54) is 6.07 Å². The number of carbonyl (C=O) groups is 1. The Hall–Kier alpha value is -0.940. The van der Waals surface area contributed by atoms with Gasteiger partial charge in [-0.25, -0.2) is 4.39 Å². The highest BCUT2D eigenvalue weighted by molar-refractivity contribution is 9.10. The lowest BCUT2D eigenvalue weighted by Gasteiger charge is -2.10. The van der Waals surface area contributed by atoms with Crippen LogP contribution in [-0.4, -0.2) is 17.1 Å². The zero-order chi connectivity index (χ0) is 11.6. The van der Waals surface area contributed by atoms with Gasteiger partial charge in [0.05, 0.1) is 4.47 Å². The van der Waals surface area contributed by atoms with E-state index in [0.717, 1.165) is 5.56 Å². The van der Waals surface area contributed by atoms with Gasteiger partial charge in [0.15, 0.2) is 0 Å². The first kappa shape index (κ1) is 12.1. The van der Waals surface area contributed by atoms with Gasteiger partial charge in [-0.15, -0.1) is 0 Å². The minimum Gasteiger partial charge on any atom is -0.480 e. The summed E-state index contributed by atoms with van der Waals surface area (Å²) >= 11 is 3.04. The summed E-state index contributed by atoms with van der Waals surface area (Å²) in [6, 6.07) is 1.96. The fourth-order valence-corrected chi connectivity index (χ4v) is 1.62. The lowest BCUT2D eigenvalue weighted by molar-refractivity contribution is -0.138. The van der Waals surface area contributed by atoms with Crippen molar-refractivity contribution in [3.63, 3.8) is 0 Å². The number of nitrogens with two attached hydrogens (primary N) is 1. The normalized spacial score (nSPS) is 12.5. The molecule has 0 radical (unpaired) electrons. The third-order valence-electron chi connectivity index (χ3n) is 2.14. The number of benzene rings is 1. The van der Waals surface area contributed by atoms with Gasteiger partial charge in [0.25, 0.3) is 0 Å². The molecule has 1 unspecified atom stereocenters. The Balaban J connectivity index is 2.95. The van der Waals surface area contributed by atoms with E-state index in [2.05, 4.69) is 15.9 Å². The molecule has 1 atom stereocenters. The van der Waals surface area contributed by atoms with Crippen LogP contribution in [0.3, 0.4) is 0 Å². The predicted molar refractivity (Wildman–Crippen MR) is 58.2 cm³/mol. The molecule has 0 saturated carbocycles. The van der Waals surface area contributed by atoms with Gasteiger partial charge in [0.1, 0.15) is 11.9 Å². The molecule has 82 valence electrons. The van der Waals surface area contributed by atoms with E-state index in [4.69, 9.17) is 10.8 Å². The minimum atomic E-state index is -1.06. The number of hydrogen-bond acceptors (Lipinski definition) is 2. The van der Waals surface area contributed by atoms with Crippen LogP contribution in [0.25, 0.3) is 0 Å². The third-order valence-corrected chi connectivity index (χ3v) is 2.74. The van der Waals surface area contributed by atoms with Crippen molar-refractivity contribution in [1.82, 2.24) is 0 Å². The molecule has 0 fully saturated rings. The van der Waals surface area contributed by atoms with Crippen LogP contribution in [0, 0.1) is 12.7 Å². The van der Waals surface area contributed by atoms with Gasteiger partial charge in [0, 0.05) is 0 Å². The Morgan fingerprint density at radius 3 is 2.80 bits per heavy atom. The first-order chi connectivity index (χ1) is 6.91. The topological polar surface area (TPSA) is 63.3 Å². The van der Waals surface area contributed by atoms with Crippen molar-refractivity contribution in [1.29, 1.82) is 0 Å². The maximum absolute atomic E-state index is 13.1. The van der Waals surface area contributed by atoms with Crippen LogP contribution in [-0.2, 0) is 11.2 Å². The average Bonchev–Trinajstić information content (AvgIpc) is 2.13. The number of aryl methyl sites for hydroxylation is 1. The van der Waals surface area contributed by atoms with E-state index in [1.54, 1.807) is 13.0 Å². The number of aliphatic carboxylic acids is 1. The fourth-order valence-electron chi connectivity index (χ4n) is 1.23. The molecule has 3 nitrogen and oxygen atoms in total. The van der Waals surface area contributed by atoms with E-state index in [1.807, 2.05) is 0 Å². The second kappa shape index (κ2) is 4.72. The van der Waals surface area contributed by atoms with Crippen LogP contribution >= 0.6 is 15.9 Å². The number of carboxylic acids is 1. The van der Waals surface area contributed by atoms with Gasteiger partial charge in [-0.1, -0.05) is 0 Å². The molecule has 1 aromatic carbocycles. The Morgan fingerprint density at radius 2 is 2.27 bits per heavy atom. The van der Waals surface area contributed by atoms with Gasteiger partial charge in [-0.3, -0.25) is 4.79 Å². The van der Waals surface area contributed by atoms with Crippen LogP contribution in [0.4, 0.5) is 4.39 Å². The standard InChI is InChI=1S/C10H11BrFNO2/c1-5-2-8(12)7(11)3-6(5)4-9(13)10(14)15/h2-3,9H,4,13H2,1H3,(H,14,15). The monoisotopic (exact) mass is 275 g/mol. The van der Waals surface area contributed by atoms with Gasteiger partial charge in [-0.2, -0.15) is 0 Å². The third kappa shape index (κ3) is 3.00. The molecule has 0 spiro atoms. The molecular formula is C10H11BrFNO2. The highest BCUT2D eigenvalue weighted by Gasteiger charge is 2.14. The van der Waals surface area contributed by atoms with Crippen molar-refractivity contribution in [2.45, 2.75) is 19.4 Å². The molecule has 0 saturated heterocycles. The SMILES string of the molecule is Cc1cc(F)c(Br)cc1CC(N)C(=O)O. The van der Waals surface area contributed by atoms with Gasteiger partial charge >= 0.3 is 5.97 Å². The van der Waals surface area contributed by atoms with Crippen molar-refractivity contribution in [2.75, 3.05) is 0 Å². The summed E-state index contributed by atoms with van der Waals surface area (Å²) in [5.74, 6) is -1.42. The molecule has 0 bridgehead atoms. The van der Waals surface area contributed by atoms with Gasteiger partial charge < -0.3 is 10.8 Å². The van der Waals surface area contributed by atoms with Crippen molar-refractivity contribution in [3.05, 3.63) is 33.5 Å². The van der Waals surface area contributed by atoms with E-state index >= 15 is 0 Å². The molecule has 1 rings (SSSR count). The summed E-state index contributed by atoms with van der Waals surface area (Å²) in [5.41, 5.74) is 6.83. The van der Waals surface area contributed by atoms with E-state index in [9.17, 15) is 9.18 Å².